The fraction of sp³-hybridized carbons (Fsp3) is 0.538. The van der Waals surface area contributed by atoms with Gasteiger partial charge < -0.3 is 5.01 Å². The topological polar surface area (TPSA) is 29.3 Å². The van der Waals surface area contributed by atoms with E-state index >= 15 is 0 Å². The highest BCUT2D eigenvalue weighted by Crippen LogP contribution is 2.20. The molecule has 0 saturated carbocycles. The maximum Gasteiger partial charge on any atom is 0.0812 e. The van der Waals surface area contributed by atoms with Crippen molar-refractivity contribution in [3.05, 3.63) is 36.1 Å². The molecule has 0 spiro atoms. The monoisotopic (exact) mass is 206 g/mol. The molecule has 1 aliphatic rings. The molecule has 1 rings (SSSR count). The first-order chi connectivity index (χ1) is 7.02. The molecule has 0 aromatic heterocycles. The summed E-state index contributed by atoms with van der Waals surface area (Å²) in [7, 11) is 0. The second-order valence-electron chi connectivity index (χ2n) is 4.65. The van der Waals surface area contributed by atoms with E-state index in [4.69, 9.17) is 5.84 Å². The Kier molecular flexibility index (Phi) is 4.15. The molecule has 0 fully saturated rings. The predicted molar refractivity (Wildman–Crippen MR) is 65.9 cm³/mol. The Morgan fingerprint density at radius 3 is 2.00 bits per heavy atom. The lowest BCUT2D eigenvalue weighted by molar-refractivity contribution is 0.367. The number of hydrazine groups is 1. The van der Waals surface area contributed by atoms with Crippen LogP contribution in [0.1, 0.15) is 27.7 Å². The van der Waals surface area contributed by atoms with E-state index in [0.29, 0.717) is 11.8 Å². The van der Waals surface area contributed by atoms with E-state index in [1.807, 2.05) is 12.2 Å². The summed E-state index contributed by atoms with van der Waals surface area (Å²) in [5.74, 6) is 7.10. The van der Waals surface area contributed by atoms with Crippen molar-refractivity contribution >= 4 is 0 Å². The van der Waals surface area contributed by atoms with Crippen LogP contribution in [0.2, 0.25) is 0 Å². The third kappa shape index (κ3) is 3.24. The number of rotatable bonds is 4. The standard InChI is InChI=1S/C13H22N2/c1-10(2)13(11(3)4)9-15(14)12-7-5-6-8-12/h5-12H,14H2,1-4H3. The first-order valence-electron chi connectivity index (χ1n) is 5.62. The van der Waals surface area contributed by atoms with Crippen LogP contribution in [0.15, 0.2) is 36.1 Å². The summed E-state index contributed by atoms with van der Waals surface area (Å²) in [6.07, 6.45) is 10.3. The Morgan fingerprint density at radius 2 is 1.60 bits per heavy atom. The van der Waals surface area contributed by atoms with Gasteiger partial charge in [-0.3, -0.25) is 0 Å². The molecule has 0 heterocycles. The van der Waals surface area contributed by atoms with Crippen LogP contribution in [-0.4, -0.2) is 11.1 Å². The fourth-order valence-electron chi connectivity index (χ4n) is 1.84. The van der Waals surface area contributed by atoms with Gasteiger partial charge in [-0.1, -0.05) is 52.0 Å². The third-order valence-corrected chi connectivity index (χ3v) is 2.70. The van der Waals surface area contributed by atoms with Crippen molar-refractivity contribution in [1.82, 2.24) is 5.01 Å². The van der Waals surface area contributed by atoms with Gasteiger partial charge in [0.25, 0.3) is 0 Å². The molecule has 0 aromatic rings. The molecule has 0 aliphatic heterocycles. The summed E-state index contributed by atoms with van der Waals surface area (Å²) in [4.78, 5) is 0. The van der Waals surface area contributed by atoms with E-state index in [-0.39, 0.29) is 6.04 Å². The van der Waals surface area contributed by atoms with Crippen molar-refractivity contribution in [2.24, 2.45) is 17.7 Å². The number of nitrogens with zero attached hydrogens (tertiary/aromatic N) is 1. The quantitative estimate of drug-likeness (QED) is 0.566. The summed E-state index contributed by atoms with van der Waals surface area (Å²) < 4.78 is 0. The molecule has 15 heavy (non-hydrogen) atoms. The molecule has 0 bridgehead atoms. The summed E-state index contributed by atoms with van der Waals surface area (Å²) in [5, 5.41) is 1.79. The molecule has 0 amide bonds. The van der Waals surface area contributed by atoms with Gasteiger partial charge >= 0.3 is 0 Å². The maximum atomic E-state index is 6.01. The Bertz CT molecular complexity index is 263. The molecule has 2 nitrogen and oxygen atoms in total. The van der Waals surface area contributed by atoms with Gasteiger partial charge in [0.2, 0.25) is 0 Å². The second kappa shape index (κ2) is 5.17. The second-order valence-corrected chi connectivity index (χ2v) is 4.65. The van der Waals surface area contributed by atoms with Crippen LogP contribution in [0.3, 0.4) is 0 Å². The predicted octanol–water partition coefficient (Wildman–Crippen LogP) is 2.85. The van der Waals surface area contributed by atoms with Gasteiger partial charge in [0.15, 0.2) is 0 Å². The van der Waals surface area contributed by atoms with Crippen molar-refractivity contribution in [2.45, 2.75) is 33.7 Å². The number of allylic oxidation sites excluding steroid dienone is 3. The zero-order valence-electron chi connectivity index (χ0n) is 10.1. The fourth-order valence-corrected chi connectivity index (χ4v) is 1.84. The first kappa shape index (κ1) is 12.1. The van der Waals surface area contributed by atoms with E-state index in [1.54, 1.807) is 5.01 Å². The minimum Gasteiger partial charge on any atom is -0.308 e. The van der Waals surface area contributed by atoms with Crippen molar-refractivity contribution in [3.8, 4) is 0 Å². The van der Waals surface area contributed by atoms with Gasteiger partial charge in [-0.05, 0) is 17.4 Å². The highest BCUT2D eigenvalue weighted by atomic mass is 15.4. The Morgan fingerprint density at radius 1 is 1.13 bits per heavy atom. The van der Waals surface area contributed by atoms with E-state index in [9.17, 15) is 0 Å². The average molecular weight is 206 g/mol. The van der Waals surface area contributed by atoms with E-state index in [1.165, 1.54) is 5.57 Å². The Labute approximate surface area is 93.1 Å². The van der Waals surface area contributed by atoms with Crippen LogP contribution < -0.4 is 5.84 Å². The van der Waals surface area contributed by atoms with Gasteiger partial charge in [0.1, 0.15) is 0 Å². The first-order valence-corrected chi connectivity index (χ1v) is 5.62. The third-order valence-electron chi connectivity index (χ3n) is 2.70. The minimum absolute atomic E-state index is 0.220. The number of nitrogens with two attached hydrogens (primary N) is 1. The minimum atomic E-state index is 0.220. The van der Waals surface area contributed by atoms with Gasteiger partial charge in [-0.15, -0.1) is 0 Å². The van der Waals surface area contributed by atoms with Gasteiger partial charge in [-0.2, -0.15) is 0 Å². The lowest BCUT2D eigenvalue weighted by atomic mass is 9.93. The van der Waals surface area contributed by atoms with Crippen molar-refractivity contribution in [2.75, 3.05) is 0 Å². The Hall–Kier alpha value is -1.02. The summed E-state index contributed by atoms with van der Waals surface area (Å²) in [5.41, 5.74) is 1.39. The lowest BCUT2D eigenvalue weighted by Gasteiger charge is -2.24. The molecule has 2 heteroatoms. The van der Waals surface area contributed by atoms with E-state index in [0.717, 1.165) is 0 Å². The van der Waals surface area contributed by atoms with Crippen LogP contribution in [0, 0.1) is 11.8 Å². The molecule has 0 radical (unpaired) electrons. The molecule has 2 N–H and O–H groups in total. The highest BCUT2D eigenvalue weighted by molar-refractivity contribution is 5.23. The zero-order chi connectivity index (χ0) is 11.4. The summed E-state index contributed by atoms with van der Waals surface area (Å²) in [6.45, 7) is 8.83. The normalized spacial score (nSPS) is 15.4. The van der Waals surface area contributed by atoms with Crippen LogP contribution in [0.5, 0.6) is 0 Å². The van der Waals surface area contributed by atoms with Crippen molar-refractivity contribution in [3.63, 3.8) is 0 Å². The molecular weight excluding hydrogens is 184 g/mol. The molecule has 0 atom stereocenters. The number of hydrogen-bond donors (Lipinski definition) is 1. The SMILES string of the molecule is CC(C)C(=CN(N)C1C=CC=C1)C(C)C. The summed E-state index contributed by atoms with van der Waals surface area (Å²) in [6, 6.07) is 0.220. The molecule has 0 unspecified atom stereocenters. The van der Waals surface area contributed by atoms with Gasteiger partial charge in [0, 0.05) is 6.20 Å². The summed E-state index contributed by atoms with van der Waals surface area (Å²) >= 11 is 0. The van der Waals surface area contributed by atoms with Crippen LogP contribution in [-0.2, 0) is 0 Å². The average Bonchev–Trinajstić information content (AvgIpc) is 2.65. The van der Waals surface area contributed by atoms with Crippen LogP contribution >= 0.6 is 0 Å². The highest BCUT2D eigenvalue weighted by Gasteiger charge is 2.12. The maximum absolute atomic E-state index is 6.01. The molecular formula is C13H22N2. The molecule has 0 aromatic carbocycles. The largest absolute Gasteiger partial charge is 0.308 e. The molecule has 84 valence electrons. The van der Waals surface area contributed by atoms with Crippen LogP contribution in [0.25, 0.3) is 0 Å². The van der Waals surface area contributed by atoms with E-state index in [2.05, 4.69) is 46.0 Å². The van der Waals surface area contributed by atoms with Crippen molar-refractivity contribution < 1.29 is 0 Å². The van der Waals surface area contributed by atoms with E-state index < -0.39 is 0 Å². The Balaban J connectivity index is 2.73. The van der Waals surface area contributed by atoms with Crippen molar-refractivity contribution in [1.29, 1.82) is 0 Å². The van der Waals surface area contributed by atoms with Gasteiger partial charge in [-0.25, -0.2) is 5.84 Å². The number of hydrogen-bond acceptors (Lipinski definition) is 2. The smallest absolute Gasteiger partial charge is 0.0812 e. The van der Waals surface area contributed by atoms with Gasteiger partial charge in [0.05, 0.1) is 6.04 Å². The molecule has 1 aliphatic carbocycles. The van der Waals surface area contributed by atoms with Crippen LogP contribution in [0.4, 0.5) is 0 Å². The molecule has 0 saturated heterocycles. The zero-order valence-corrected chi connectivity index (χ0v) is 10.1. The lowest BCUT2D eigenvalue weighted by Crippen LogP contribution is -2.34.